The molecule has 1 amide bonds. The zero-order valence-electron chi connectivity index (χ0n) is 22.2. The van der Waals surface area contributed by atoms with Gasteiger partial charge in [0, 0.05) is 49.8 Å². The molecule has 0 spiro atoms. The van der Waals surface area contributed by atoms with Crippen LogP contribution in [0.2, 0.25) is 0 Å². The lowest BCUT2D eigenvalue weighted by Crippen LogP contribution is -2.50. The monoisotopic (exact) mass is 537 g/mol. The van der Waals surface area contributed by atoms with Gasteiger partial charge in [-0.15, -0.1) is 0 Å². The van der Waals surface area contributed by atoms with Crippen molar-refractivity contribution in [3.05, 3.63) is 84.2 Å². The molecule has 0 unspecified atom stereocenters. The summed E-state index contributed by atoms with van der Waals surface area (Å²) >= 11 is 0. The highest BCUT2D eigenvalue weighted by molar-refractivity contribution is 6.05. The van der Waals surface area contributed by atoms with E-state index in [4.69, 9.17) is 4.74 Å². The summed E-state index contributed by atoms with van der Waals surface area (Å²) in [5, 5.41) is 16.1. The third-order valence-corrected chi connectivity index (χ3v) is 6.89. The number of hydrogen-bond donors (Lipinski definition) is 2. The van der Waals surface area contributed by atoms with Gasteiger partial charge >= 0.3 is 0 Å². The molecular weight excluding hydrogens is 509 g/mol. The standard InChI is InChI=1S/C30H28FN7O2/c1-3-21-18-38(14-13-34-21)26-15-19(22-17-33-11-9-20(22)16-32)7-8-24(26)37-30(39)25-10-12-35-29(36-25)28-23(31)5-4-6-27(28)40-2/h4-12,15,17,21,34H,3,13-14,18H2,1-2H3,(H,37,39)/t21-/m0/s1. The number of piperazine rings is 1. The van der Waals surface area contributed by atoms with E-state index in [1.54, 1.807) is 24.5 Å². The van der Waals surface area contributed by atoms with Crippen molar-refractivity contribution >= 4 is 17.3 Å². The van der Waals surface area contributed by atoms with Crippen LogP contribution in [0.5, 0.6) is 5.75 Å². The van der Waals surface area contributed by atoms with Gasteiger partial charge in [-0.3, -0.25) is 9.78 Å². The fourth-order valence-corrected chi connectivity index (χ4v) is 4.79. The first-order valence-corrected chi connectivity index (χ1v) is 13.0. The second-order valence-corrected chi connectivity index (χ2v) is 9.31. The van der Waals surface area contributed by atoms with Crippen LogP contribution in [-0.2, 0) is 0 Å². The SMILES string of the molecule is CC[C@H]1CN(c2cc(-c3cnccc3C#N)ccc2NC(=O)c2ccnc(-c3c(F)cccc3OC)n2)CCN1. The number of anilines is 2. The van der Waals surface area contributed by atoms with Crippen molar-refractivity contribution in [2.45, 2.75) is 19.4 Å². The normalized spacial score (nSPS) is 14.8. The summed E-state index contributed by atoms with van der Waals surface area (Å²) in [5.41, 5.74) is 3.63. The minimum absolute atomic E-state index is 0.0478. The first-order valence-electron chi connectivity index (χ1n) is 13.0. The fraction of sp³-hybridized carbons (Fsp3) is 0.233. The molecule has 5 rings (SSSR count). The molecule has 4 aromatic rings. The highest BCUT2D eigenvalue weighted by Gasteiger charge is 2.23. The molecule has 2 aromatic carbocycles. The summed E-state index contributed by atoms with van der Waals surface area (Å²) < 4.78 is 19.9. The number of nitriles is 1. The summed E-state index contributed by atoms with van der Waals surface area (Å²) in [6.07, 6.45) is 5.64. The van der Waals surface area contributed by atoms with E-state index in [-0.39, 0.29) is 22.8 Å². The van der Waals surface area contributed by atoms with E-state index in [2.05, 4.69) is 43.5 Å². The number of rotatable bonds is 7. The van der Waals surface area contributed by atoms with Crippen molar-refractivity contribution in [1.82, 2.24) is 20.3 Å². The van der Waals surface area contributed by atoms with Gasteiger partial charge in [-0.25, -0.2) is 14.4 Å². The first kappa shape index (κ1) is 26.7. The molecule has 0 aliphatic carbocycles. The van der Waals surface area contributed by atoms with Gasteiger partial charge in [-0.1, -0.05) is 19.1 Å². The summed E-state index contributed by atoms with van der Waals surface area (Å²) in [7, 11) is 1.43. The Morgan fingerprint density at radius 3 is 2.92 bits per heavy atom. The second-order valence-electron chi connectivity index (χ2n) is 9.31. The number of amides is 1. The van der Waals surface area contributed by atoms with Crippen LogP contribution in [0.25, 0.3) is 22.5 Å². The molecule has 2 N–H and O–H groups in total. The van der Waals surface area contributed by atoms with Crippen molar-refractivity contribution < 1.29 is 13.9 Å². The Kier molecular flexibility index (Phi) is 7.94. The van der Waals surface area contributed by atoms with Crippen LogP contribution in [0.4, 0.5) is 15.8 Å². The molecule has 0 saturated carbocycles. The van der Waals surface area contributed by atoms with E-state index < -0.39 is 11.7 Å². The van der Waals surface area contributed by atoms with Gasteiger partial charge in [0.05, 0.1) is 35.7 Å². The van der Waals surface area contributed by atoms with Crippen molar-refractivity contribution in [2.75, 3.05) is 37.0 Å². The van der Waals surface area contributed by atoms with Crippen LogP contribution < -0.4 is 20.3 Å². The number of carbonyl (C=O) groups excluding carboxylic acids is 1. The fourth-order valence-electron chi connectivity index (χ4n) is 4.79. The minimum atomic E-state index is -0.550. The molecule has 1 fully saturated rings. The molecule has 202 valence electrons. The number of methoxy groups -OCH3 is 1. The Labute approximate surface area is 231 Å². The zero-order chi connectivity index (χ0) is 28.1. The van der Waals surface area contributed by atoms with Crippen LogP contribution in [0.15, 0.2) is 67.1 Å². The smallest absolute Gasteiger partial charge is 0.274 e. The van der Waals surface area contributed by atoms with Crippen LogP contribution in [-0.4, -0.2) is 53.6 Å². The Morgan fingerprint density at radius 1 is 1.25 bits per heavy atom. The average molecular weight is 538 g/mol. The summed E-state index contributed by atoms with van der Waals surface area (Å²) in [6.45, 7) is 4.43. The number of halogens is 1. The number of nitrogens with zero attached hydrogens (tertiary/aromatic N) is 5. The summed E-state index contributed by atoms with van der Waals surface area (Å²) in [5.74, 6) is -0.696. The summed E-state index contributed by atoms with van der Waals surface area (Å²) in [6, 6.07) is 15.8. The van der Waals surface area contributed by atoms with Crippen LogP contribution in [0.3, 0.4) is 0 Å². The van der Waals surface area contributed by atoms with E-state index in [1.807, 2.05) is 18.2 Å². The molecule has 1 saturated heterocycles. The quantitative estimate of drug-likeness (QED) is 0.350. The van der Waals surface area contributed by atoms with Gasteiger partial charge in [-0.05, 0) is 48.4 Å². The molecule has 10 heteroatoms. The van der Waals surface area contributed by atoms with Gasteiger partial charge in [0.25, 0.3) is 5.91 Å². The molecule has 0 radical (unpaired) electrons. The predicted octanol–water partition coefficient (Wildman–Crippen LogP) is 4.67. The lowest BCUT2D eigenvalue weighted by Gasteiger charge is -2.36. The number of ether oxygens (including phenoxy) is 1. The van der Waals surface area contributed by atoms with Gasteiger partial charge in [0.1, 0.15) is 17.3 Å². The van der Waals surface area contributed by atoms with Gasteiger partial charge in [-0.2, -0.15) is 5.26 Å². The Morgan fingerprint density at radius 2 is 2.12 bits per heavy atom. The summed E-state index contributed by atoms with van der Waals surface area (Å²) in [4.78, 5) is 28.4. The average Bonchev–Trinajstić information content (AvgIpc) is 3.01. The maximum absolute atomic E-state index is 14.7. The molecular formula is C30H28FN7O2. The maximum atomic E-state index is 14.7. The number of nitrogens with one attached hydrogen (secondary N) is 2. The lowest BCUT2D eigenvalue weighted by molar-refractivity contribution is 0.102. The van der Waals surface area contributed by atoms with Crippen molar-refractivity contribution in [2.24, 2.45) is 0 Å². The highest BCUT2D eigenvalue weighted by atomic mass is 19.1. The number of benzene rings is 2. The molecule has 3 heterocycles. The van der Waals surface area contributed by atoms with E-state index in [0.29, 0.717) is 22.9 Å². The number of pyridine rings is 1. The Bertz CT molecular complexity index is 1590. The highest BCUT2D eigenvalue weighted by Crippen LogP contribution is 2.34. The Balaban J connectivity index is 1.51. The van der Waals surface area contributed by atoms with E-state index >= 15 is 0 Å². The number of hydrogen-bond acceptors (Lipinski definition) is 8. The van der Waals surface area contributed by atoms with Crippen LogP contribution in [0, 0.1) is 17.1 Å². The molecule has 1 aliphatic heterocycles. The van der Waals surface area contributed by atoms with E-state index in [0.717, 1.165) is 37.3 Å². The van der Waals surface area contributed by atoms with Gasteiger partial charge in [0.15, 0.2) is 5.82 Å². The number of carbonyl (C=O) groups is 1. The van der Waals surface area contributed by atoms with Gasteiger partial charge in [0.2, 0.25) is 0 Å². The third kappa shape index (κ3) is 5.46. The van der Waals surface area contributed by atoms with Crippen molar-refractivity contribution in [3.8, 4) is 34.3 Å². The lowest BCUT2D eigenvalue weighted by atomic mass is 10.0. The molecule has 1 atom stereocenters. The van der Waals surface area contributed by atoms with Crippen LogP contribution >= 0.6 is 0 Å². The Hall–Kier alpha value is -4.88. The van der Waals surface area contributed by atoms with Crippen molar-refractivity contribution in [1.29, 1.82) is 5.26 Å². The van der Waals surface area contributed by atoms with Crippen LogP contribution in [0.1, 0.15) is 29.4 Å². The largest absolute Gasteiger partial charge is 0.496 e. The topological polar surface area (TPSA) is 116 Å². The first-order chi connectivity index (χ1) is 19.5. The third-order valence-electron chi connectivity index (χ3n) is 6.89. The van der Waals surface area contributed by atoms with E-state index in [1.165, 1.54) is 31.5 Å². The molecule has 9 nitrogen and oxygen atoms in total. The molecule has 1 aliphatic rings. The van der Waals surface area contributed by atoms with Gasteiger partial charge < -0.3 is 20.3 Å². The maximum Gasteiger partial charge on any atom is 0.274 e. The number of aromatic nitrogens is 3. The minimum Gasteiger partial charge on any atom is -0.496 e. The molecule has 40 heavy (non-hydrogen) atoms. The van der Waals surface area contributed by atoms with Crippen molar-refractivity contribution in [3.63, 3.8) is 0 Å². The predicted molar refractivity (Wildman–Crippen MR) is 151 cm³/mol. The molecule has 0 bridgehead atoms. The molecule has 2 aromatic heterocycles. The zero-order valence-corrected chi connectivity index (χ0v) is 22.2. The second kappa shape index (κ2) is 11.9. The van der Waals surface area contributed by atoms with E-state index in [9.17, 15) is 14.4 Å².